The Morgan fingerprint density at radius 2 is 1.84 bits per heavy atom. The number of benzene rings is 1. The van der Waals surface area contributed by atoms with Gasteiger partial charge in [0.1, 0.15) is 11.8 Å². The number of hydrogen-bond acceptors (Lipinski definition) is 5. The molecule has 1 aromatic carbocycles. The smallest absolute Gasteiger partial charge is 0.407 e. The Morgan fingerprint density at radius 3 is 2.39 bits per heavy atom. The number of halogens is 1. The quantitative estimate of drug-likeness (QED) is 0.693. The van der Waals surface area contributed by atoms with Crippen LogP contribution in [0.4, 0.5) is 10.5 Å². The Hall–Kier alpha value is -2.19. The lowest BCUT2D eigenvalue weighted by Gasteiger charge is -2.47. The highest BCUT2D eigenvalue weighted by atomic mass is 35.5. The van der Waals surface area contributed by atoms with E-state index < -0.39 is 6.09 Å². The summed E-state index contributed by atoms with van der Waals surface area (Å²) >= 11 is 6.47. The predicted octanol–water partition coefficient (Wildman–Crippen LogP) is 2.92. The maximum atomic E-state index is 13.0. The second kappa shape index (κ2) is 9.12. The van der Waals surface area contributed by atoms with Gasteiger partial charge in [0.05, 0.1) is 12.8 Å². The van der Waals surface area contributed by atoms with E-state index in [4.69, 9.17) is 21.4 Å². The zero-order chi connectivity index (χ0) is 22.1. The molecule has 0 radical (unpaired) electrons. The first-order chi connectivity index (χ1) is 14.9. The monoisotopic (exact) mass is 450 g/mol. The number of carboxylic acid groups (broad SMARTS) is 1. The van der Waals surface area contributed by atoms with Crippen LogP contribution in [0.3, 0.4) is 0 Å². The average Bonchev–Trinajstić information content (AvgIpc) is 2.67. The van der Waals surface area contributed by atoms with E-state index in [2.05, 4.69) is 10.2 Å². The molecule has 2 N–H and O–H groups in total. The van der Waals surface area contributed by atoms with Gasteiger partial charge in [-0.05, 0) is 37.3 Å². The number of nitrogens with zero attached hydrogens (tertiary/aromatic N) is 3. The minimum atomic E-state index is -0.858. The van der Waals surface area contributed by atoms with Crippen molar-refractivity contribution in [3.8, 4) is 5.75 Å². The van der Waals surface area contributed by atoms with Crippen LogP contribution in [0.25, 0.3) is 0 Å². The molecule has 2 amide bonds. The van der Waals surface area contributed by atoms with Crippen molar-refractivity contribution in [3.63, 3.8) is 0 Å². The fourth-order valence-electron chi connectivity index (χ4n) is 4.60. The SMILES string of the molecule is COc1cc(Cl)c(C2CCC2)cc1NC(C)C(=O)N1CCN(C2CN(C(=O)O)C2)CC1. The summed E-state index contributed by atoms with van der Waals surface area (Å²) in [4.78, 5) is 29.6. The molecule has 0 bridgehead atoms. The standard InChI is InChI=1S/C22H31ClN4O4/c1-14(24-19-10-17(15-4-3-5-15)18(23)11-20(19)31-2)21(28)26-8-6-25(7-9-26)16-12-27(13-16)22(29)30/h10-11,14-16,24H,3-9,12-13H2,1-2H3,(H,29,30). The predicted molar refractivity (Wildman–Crippen MR) is 119 cm³/mol. The normalized spacial score (nSPS) is 21.3. The molecule has 31 heavy (non-hydrogen) atoms. The maximum absolute atomic E-state index is 13.0. The largest absolute Gasteiger partial charge is 0.495 e. The Labute approximate surface area is 188 Å². The molecule has 1 atom stereocenters. The van der Waals surface area contributed by atoms with Crippen LogP contribution in [0.2, 0.25) is 5.02 Å². The first kappa shape index (κ1) is 22.0. The molecule has 3 fully saturated rings. The van der Waals surface area contributed by atoms with Gasteiger partial charge in [0.2, 0.25) is 5.91 Å². The lowest BCUT2D eigenvalue weighted by Crippen LogP contribution is -2.64. The highest BCUT2D eigenvalue weighted by molar-refractivity contribution is 6.31. The van der Waals surface area contributed by atoms with Crippen molar-refractivity contribution in [2.24, 2.45) is 0 Å². The lowest BCUT2D eigenvalue weighted by atomic mass is 9.80. The summed E-state index contributed by atoms with van der Waals surface area (Å²) in [6.45, 7) is 5.84. The van der Waals surface area contributed by atoms with Crippen molar-refractivity contribution in [1.82, 2.24) is 14.7 Å². The van der Waals surface area contributed by atoms with Crippen LogP contribution in [0.5, 0.6) is 5.75 Å². The van der Waals surface area contributed by atoms with Gasteiger partial charge in [-0.15, -0.1) is 0 Å². The number of hydrogen-bond donors (Lipinski definition) is 2. The van der Waals surface area contributed by atoms with E-state index in [0.29, 0.717) is 37.8 Å². The zero-order valence-electron chi connectivity index (χ0n) is 18.1. The second-order valence-corrected chi connectivity index (χ2v) is 9.18. The lowest BCUT2D eigenvalue weighted by molar-refractivity contribution is -0.134. The third-order valence-corrected chi connectivity index (χ3v) is 7.21. The number of piperazine rings is 1. The van der Waals surface area contributed by atoms with E-state index >= 15 is 0 Å². The third-order valence-electron chi connectivity index (χ3n) is 6.88. The minimum Gasteiger partial charge on any atom is -0.495 e. The van der Waals surface area contributed by atoms with Crippen LogP contribution in [0, 0.1) is 0 Å². The molecule has 0 aromatic heterocycles. The first-order valence-corrected chi connectivity index (χ1v) is 11.4. The van der Waals surface area contributed by atoms with Crippen LogP contribution >= 0.6 is 11.6 Å². The second-order valence-electron chi connectivity index (χ2n) is 8.77. The highest BCUT2D eigenvalue weighted by Crippen LogP contribution is 2.43. The Morgan fingerprint density at radius 1 is 1.16 bits per heavy atom. The van der Waals surface area contributed by atoms with E-state index in [-0.39, 0.29) is 18.0 Å². The van der Waals surface area contributed by atoms with Crippen molar-refractivity contribution in [2.45, 2.75) is 44.2 Å². The number of ether oxygens (including phenoxy) is 1. The summed E-state index contributed by atoms with van der Waals surface area (Å²) in [5, 5.41) is 13.1. The van der Waals surface area contributed by atoms with Crippen molar-refractivity contribution in [1.29, 1.82) is 0 Å². The third kappa shape index (κ3) is 4.55. The number of carbonyl (C=O) groups is 2. The molecule has 1 aromatic rings. The van der Waals surface area contributed by atoms with E-state index in [1.165, 1.54) is 11.3 Å². The van der Waals surface area contributed by atoms with Gasteiger partial charge in [0.25, 0.3) is 0 Å². The molecule has 3 aliphatic rings. The molecular formula is C22H31ClN4O4. The van der Waals surface area contributed by atoms with Crippen molar-refractivity contribution < 1.29 is 19.4 Å². The van der Waals surface area contributed by atoms with E-state index in [9.17, 15) is 9.59 Å². The number of methoxy groups -OCH3 is 1. The number of rotatable bonds is 6. The van der Waals surface area contributed by atoms with Crippen molar-refractivity contribution in [2.75, 3.05) is 51.7 Å². The number of anilines is 1. The summed E-state index contributed by atoms with van der Waals surface area (Å²) in [5.41, 5.74) is 1.93. The van der Waals surface area contributed by atoms with Crippen LogP contribution < -0.4 is 10.1 Å². The average molecular weight is 451 g/mol. The van der Waals surface area contributed by atoms with E-state index in [1.807, 2.05) is 24.0 Å². The van der Waals surface area contributed by atoms with Gasteiger partial charge in [-0.1, -0.05) is 18.0 Å². The van der Waals surface area contributed by atoms with Gasteiger partial charge in [-0.3, -0.25) is 9.69 Å². The summed E-state index contributed by atoms with van der Waals surface area (Å²) in [5.74, 6) is 1.19. The number of amides is 2. The molecular weight excluding hydrogens is 420 g/mol. The molecule has 2 saturated heterocycles. The van der Waals surface area contributed by atoms with Crippen LogP contribution in [0.1, 0.15) is 37.7 Å². The van der Waals surface area contributed by atoms with E-state index in [1.54, 1.807) is 7.11 Å². The number of likely N-dealkylation sites (tertiary alicyclic amines) is 1. The van der Waals surface area contributed by atoms with Gasteiger partial charge in [-0.2, -0.15) is 0 Å². The summed E-state index contributed by atoms with van der Waals surface area (Å²) in [6, 6.07) is 3.76. The van der Waals surface area contributed by atoms with Gasteiger partial charge >= 0.3 is 6.09 Å². The molecule has 9 heteroatoms. The molecule has 170 valence electrons. The van der Waals surface area contributed by atoms with E-state index in [0.717, 1.165) is 42.2 Å². The Kier molecular flexibility index (Phi) is 6.48. The molecule has 1 aliphatic carbocycles. The number of nitrogens with one attached hydrogen (secondary N) is 1. The number of carbonyl (C=O) groups excluding carboxylic acids is 1. The summed E-state index contributed by atoms with van der Waals surface area (Å²) in [6.07, 6.45) is 2.67. The molecule has 1 unspecified atom stereocenters. The van der Waals surface area contributed by atoms with Gasteiger partial charge < -0.3 is 25.0 Å². The van der Waals surface area contributed by atoms with Crippen LogP contribution in [0.15, 0.2) is 12.1 Å². The molecule has 2 heterocycles. The summed E-state index contributed by atoms with van der Waals surface area (Å²) in [7, 11) is 1.61. The molecule has 4 rings (SSSR count). The zero-order valence-corrected chi connectivity index (χ0v) is 18.9. The fraction of sp³-hybridized carbons (Fsp3) is 0.636. The minimum absolute atomic E-state index is 0.0580. The summed E-state index contributed by atoms with van der Waals surface area (Å²) < 4.78 is 5.50. The molecule has 2 aliphatic heterocycles. The van der Waals surface area contributed by atoms with Crippen LogP contribution in [-0.2, 0) is 4.79 Å². The highest BCUT2D eigenvalue weighted by Gasteiger charge is 2.37. The van der Waals surface area contributed by atoms with Crippen molar-refractivity contribution in [3.05, 3.63) is 22.7 Å². The topological polar surface area (TPSA) is 85.4 Å². The molecule has 1 saturated carbocycles. The Balaban J connectivity index is 1.33. The maximum Gasteiger partial charge on any atom is 0.407 e. The van der Waals surface area contributed by atoms with Gasteiger partial charge in [-0.25, -0.2) is 4.79 Å². The first-order valence-electron chi connectivity index (χ1n) is 11.0. The molecule has 8 nitrogen and oxygen atoms in total. The van der Waals surface area contributed by atoms with Crippen LogP contribution in [-0.4, -0.2) is 90.3 Å². The van der Waals surface area contributed by atoms with Gasteiger partial charge in [0, 0.05) is 56.4 Å². The fourth-order valence-corrected chi connectivity index (χ4v) is 4.91. The van der Waals surface area contributed by atoms with Crippen molar-refractivity contribution >= 4 is 29.3 Å². The molecule has 0 spiro atoms. The Bertz CT molecular complexity index is 833. The van der Waals surface area contributed by atoms with Gasteiger partial charge in [0.15, 0.2) is 0 Å².